The third kappa shape index (κ3) is 4.47. The number of hydrogen-bond acceptors (Lipinski definition) is 0. The fourth-order valence-electron chi connectivity index (χ4n) is 6.77. The van der Waals surface area contributed by atoms with Gasteiger partial charge in [0.05, 0.1) is 0 Å². The fourth-order valence-corrected chi connectivity index (χ4v) is 6.77. The highest BCUT2D eigenvalue weighted by Crippen LogP contribution is 2.50. The van der Waals surface area contributed by atoms with Crippen molar-refractivity contribution in [3.8, 4) is 33.4 Å². The van der Waals surface area contributed by atoms with E-state index in [1.165, 1.54) is 77.2 Å². The third-order valence-electron chi connectivity index (χ3n) is 9.22. The van der Waals surface area contributed by atoms with E-state index in [0.29, 0.717) is 0 Å². The predicted octanol–water partition coefficient (Wildman–Crippen LogP) is 11.8. The summed E-state index contributed by atoms with van der Waals surface area (Å²) < 4.78 is 0. The number of benzene rings is 7. The first-order valence-electron chi connectivity index (χ1n) is 15.1. The molecule has 0 fully saturated rings. The second-order valence-corrected chi connectivity index (χ2v) is 12.3. The quantitative estimate of drug-likeness (QED) is 0.192. The summed E-state index contributed by atoms with van der Waals surface area (Å²) >= 11 is 0. The minimum atomic E-state index is -0.0790. The van der Waals surface area contributed by atoms with Gasteiger partial charge in [-0.15, -0.1) is 0 Å². The van der Waals surface area contributed by atoms with Gasteiger partial charge >= 0.3 is 0 Å². The van der Waals surface area contributed by atoms with Crippen LogP contribution in [0, 0.1) is 0 Å². The molecule has 0 unspecified atom stereocenters. The molecule has 0 spiro atoms. The van der Waals surface area contributed by atoms with Crippen molar-refractivity contribution < 1.29 is 0 Å². The summed E-state index contributed by atoms with van der Waals surface area (Å²) in [7, 11) is 0. The first-order chi connectivity index (χ1) is 21.0. The number of fused-ring (bicyclic) bond motifs is 5. The summed E-state index contributed by atoms with van der Waals surface area (Å²) in [5.41, 5.74) is 12.9. The highest BCUT2D eigenvalue weighted by atomic mass is 14.4. The Hall–Kier alpha value is -5.20. The van der Waals surface area contributed by atoms with Gasteiger partial charge in [0.25, 0.3) is 0 Å². The van der Waals surface area contributed by atoms with Crippen LogP contribution in [0.2, 0.25) is 0 Å². The van der Waals surface area contributed by atoms with E-state index in [-0.39, 0.29) is 5.41 Å². The van der Waals surface area contributed by atoms with Gasteiger partial charge in [-0.3, -0.25) is 0 Å². The van der Waals surface area contributed by atoms with Crippen molar-refractivity contribution in [1.82, 2.24) is 0 Å². The van der Waals surface area contributed by atoms with Gasteiger partial charge in [-0.05, 0) is 108 Å². The lowest BCUT2D eigenvalue weighted by molar-refractivity contribution is 0.661. The molecule has 1 aliphatic carbocycles. The van der Waals surface area contributed by atoms with E-state index in [1.54, 1.807) is 0 Å². The van der Waals surface area contributed by atoms with Crippen molar-refractivity contribution >= 4 is 33.7 Å². The Bertz CT molecular complexity index is 2190. The Morgan fingerprint density at radius 3 is 1.51 bits per heavy atom. The standard InChI is InChI=1S/C43H32/c1-43(2)41-27-37(35-17-16-31-10-6-7-11-32(31)25-35)20-22-39(41)40-23-21-38(28-42(40)43)36-19-18-33-24-30(14-15-34(33)26-36)13-12-29-8-4-3-5-9-29/h3-28H,1-2H3. The van der Waals surface area contributed by atoms with Crippen molar-refractivity contribution in [2.45, 2.75) is 19.3 Å². The normalized spacial score (nSPS) is 13.4. The van der Waals surface area contributed by atoms with E-state index in [9.17, 15) is 0 Å². The number of hydrogen-bond donors (Lipinski definition) is 0. The van der Waals surface area contributed by atoms with Crippen LogP contribution in [-0.4, -0.2) is 0 Å². The minimum Gasteiger partial charge on any atom is -0.0622 e. The van der Waals surface area contributed by atoms with Crippen LogP contribution >= 0.6 is 0 Å². The zero-order valence-corrected chi connectivity index (χ0v) is 24.5. The molecule has 0 aromatic heterocycles. The van der Waals surface area contributed by atoms with Gasteiger partial charge in [-0.1, -0.05) is 141 Å². The number of rotatable bonds is 4. The molecule has 0 saturated heterocycles. The molecule has 8 rings (SSSR count). The predicted molar refractivity (Wildman–Crippen MR) is 185 cm³/mol. The molecular formula is C43H32. The second kappa shape index (κ2) is 9.96. The molecule has 43 heavy (non-hydrogen) atoms. The Balaban J connectivity index is 1.11. The fraction of sp³-hybridized carbons (Fsp3) is 0.0698. The van der Waals surface area contributed by atoms with Gasteiger partial charge in [0.2, 0.25) is 0 Å². The summed E-state index contributed by atoms with van der Waals surface area (Å²) in [5, 5.41) is 5.08. The van der Waals surface area contributed by atoms with Gasteiger partial charge in [0.1, 0.15) is 0 Å². The summed E-state index contributed by atoms with van der Waals surface area (Å²) in [5.74, 6) is 0. The Kier molecular flexibility index (Phi) is 5.91. The zero-order valence-electron chi connectivity index (χ0n) is 24.5. The summed E-state index contributed by atoms with van der Waals surface area (Å²) in [4.78, 5) is 0. The van der Waals surface area contributed by atoms with Crippen molar-refractivity contribution in [2.24, 2.45) is 0 Å². The summed E-state index contributed by atoms with van der Waals surface area (Å²) in [6, 6.07) is 53.5. The molecule has 7 aromatic carbocycles. The maximum atomic E-state index is 2.42. The zero-order chi connectivity index (χ0) is 29.0. The van der Waals surface area contributed by atoms with Crippen molar-refractivity contribution in [3.05, 3.63) is 168 Å². The van der Waals surface area contributed by atoms with Crippen LogP contribution in [0.1, 0.15) is 36.1 Å². The van der Waals surface area contributed by atoms with E-state index in [4.69, 9.17) is 0 Å². The Morgan fingerprint density at radius 1 is 0.372 bits per heavy atom. The molecule has 0 aliphatic heterocycles. The minimum absolute atomic E-state index is 0.0790. The first kappa shape index (κ1) is 25.5. The molecule has 0 bridgehead atoms. The molecule has 0 amide bonds. The summed E-state index contributed by atoms with van der Waals surface area (Å²) in [6.07, 6.45) is 4.36. The molecular weight excluding hydrogens is 516 g/mol. The van der Waals surface area contributed by atoms with E-state index in [0.717, 1.165) is 0 Å². The molecule has 0 nitrogen and oxygen atoms in total. The molecule has 0 N–H and O–H groups in total. The van der Waals surface area contributed by atoms with Gasteiger partial charge in [-0.25, -0.2) is 0 Å². The monoisotopic (exact) mass is 548 g/mol. The molecule has 204 valence electrons. The highest BCUT2D eigenvalue weighted by Gasteiger charge is 2.35. The lowest BCUT2D eigenvalue weighted by atomic mass is 9.80. The SMILES string of the molecule is CC1(C)c2cc(-c3ccc4ccccc4c3)ccc2-c2ccc(-c3ccc4cc(C=Cc5ccccc5)ccc4c3)cc21. The van der Waals surface area contributed by atoms with E-state index in [2.05, 4.69) is 172 Å². The summed E-state index contributed by atoms with van der Waals surface area (Å²) in [6.45, 7) is 4.74. The van der Waals surface area contributed by atoms with Crippen molar-refractivity contribution in [1.29, 1.82) is 0 Å². The average molecular weight is 549 g/mol. The van der Waals surface area contributed by atoms with E-state index in [1.807, 2.05) is 0 Å². The molecule has 0 saturated carbocycles. The molecule has 1 aliphatic rings. The van der Waals surface area contributed by atoms with Crippen LogP contribution in [0.3, 0.4) is 0 Å². The van der Waals surface area contributed by atoms with Gasteiger partial charge in [0, 0.05) is 5.41 Å². The van der Waals surface area contributed by atoms with Crippen LogP contribution in [0.25, 0.3) is 67.1 Å². The van der Waals surface area contributed by atoms with Crippen LogP contribution in [0.5, 0.6) is 0 Å². The maximum absolute atomic E-state index is 2.42. The second-order valence-electron chi connectivity index (χ2n) is 12.3. The lowest BCUT2D eigenvalue weighted by Gasteiger charge is -2.22. The molecule has 0 atom stereocenters. The average Bonchev–Trinajstić information content (AvgIpc) is 3.29. The molecule has 0 heterocycles. The van der Waals surface area contributed by atoms with Gasteiger partial charge in [0.15, 0.2) is 0 Å². The lowest BCUT2D eigenvalue weighted by Crippen LogP contribution is -2.15. The van der Waals surface area contributed by atoms with Crippen molar-refractivity contribution in [3.63, 3.8) is 0 Å². The highest BCUT2D eigenvalue weighted by molar-refractivity contribution is 5.92. The van der Waals surface area contributed by atoms with Crippen LogP contribution < -0.4 is 0 Å². The molecule has 0 radical (unpaired) electrons. The molecule has 7 aromatic rings. The van der Waals surface area contributed by atoms with Gasteiger partial charge < -0.3 is 0 Å². The Labute approximate surface area is 253 Å². The topological polar surface area (TPSA) is 0 Å². The van der Waals surface area contributed by atoms with Gasteiger partial charge in [-0.2, -0.15) is 0 Å². The van der Waals surface area contributed by atoms with Crippen LogP contribution in [0.15, 0.2) is 146 Å². The van der Waals surface area contributed by atoms with E-state index < -0.39 is 0 Å². The molecule has 0 heteroatoms. The van der Waals surface area contributed by atoms with Crippen molar-refractivity contribution in [2.75, 3.05) is 0 Å². The maximum Gasteiger partial charge on any atom is 0.0159 e. The Morgan fingerprint density at radius 2 is 0.837 bits per heavy atom. The smallest absolute Gasteiger partial charge is 0.0159 e. The first-order valence-corrected chi connectivity index (χ1v) is 15.1. The third-order valence-corrected chi connectivity index (χ3v) is 9.22. The van der Waals surface area contributed by atoms with Crippen LogP contribution in [-0.2, 0) is 5.41 Å². The van der Waals surface area contributed by atoms with E-state index >= 15 is 0 Å². The largest absolute Gasteiger partial charge is 0.0622 e. The van der Waals surface area contributed by atoms with Crippen LogP contribution in [0.4, 0.5) is 0 Å².